The van der Waals surface area contributed by atoms with E-state index in [2.05, 4.69) is 49.5 Å². The lowest BCUT2D eigenvalue weighted by atomic mass is 9.98. The minimum atomic E-state index is 0.526. The Morgan fingerprint density at radius 2 is 1.78 bits per heavy atom. The van der Waals surface area contributed by atoms with Crippen LogP contribution in [-0.2, 0) is 6.54 Å². The Bertz CT molecular complexity index is 580. The van der Waals surface area contributed by atoms with Crippen molar-refractivity contribution in [3.05, 3.63) is 59.7 Å². The maximum atomic E-state index is 5.95. The van der Waals surface area contributed by atoms with Gasteiger partial charge in [-0.15, -0.1) is 0 Å². The molecule has 2 aromatic carbocycles. The molecular formula is C20H27NO2. The Labute approximate surface area is 139 Å². The van der Waals surface area contributed by atoms with Crippen LogP contribution in [-0.4, -0.2) is 20.3 Å². The monoisotopic (exact) mass is 313 g/mol. The first-order chi connectivity index (χ1) is 11.2. The second-order valence-corrected chi connectivity index (χ2v) is 5.72. The van der Waals surface area contributed by atoms with Gasteiger partial charge in [-0.25, -0.2) is 0 Å². The van der Waals surface area contributed by atoms with E-state index in [-0.39, 0.29) is 0 Å². The Kier molecular flexibility index (Phi) is 6.95. The Hall–Kier alpha value is -2.00. The van der Waals surface area contributed by atoms with Gasteiger partial charge in [0.15, 0.2) is 0 Å². The molecule has 3 heteroatoms. The fourth-order valence-corrected chi connectivity index (χ4v) is 2.45. The van der Waals surface area contributed by atoms with Gasteiger partial charge in [-0.05, 0) is 41.7 Å². The van der Waals surface area contributed by atoms with E-state index in [1.807, 2.05) is 18.2 Å². The summed E-state index contributed by atoms with van der Waals surface area (Å²) in [7, 11) is 1.68. The molecule has 23 heavy (non-hydrogen) atoms. The summed E-state index contributed by atoms with van der Waals surface area (Å²) >= 11 is 0. The minimum Gasteiger partial charge on any atom is -0.497 e. The summed E-state index contributed by atoms with van der Waals surface area (Å²) in [5.41, 5.74) is 2.54. The van der Waals surface area contributed by atoms with E-state index in [1.165, 1.54) is 11.1 Å². The number of benzene rings is 2. The van der Waals surface area contributed by atoms with Crippen LogP contribution in [0.5, 0.6) is 11.5 Å². The zero-order chi connectivity index (χ0) is 16.5. The van der Waals surface area contributed by atoms with Crippen LogP contribution in [0.15, 0.2) is 48.5 Å². The molecule has 0 aromatic heterocycles. The van der Waals surface area contributed by atoms with Crippen LogP contribution in [0.1, 0.15) is 37.3 Å². The summed E-state index contributed by atoms with van der Waals surface area (Å²) in [6.07, 6.45) is 1.12. The zero-order valence-corrected chi connectivity index (χ0v) is 14.3. The molecular weight excluding hydrogens is 286 g/mol. The highest BCUT2D eigenvalue weighted by atomic mass is 16.5. The molecule has 1 N–H and O–H groups in total. The number of hydrogen-bond acceptors (Lipinski definition) is 3. The Balaban J connectivity index is 1.75. The van der Waals surface area contributed by atoms with E-state index < -0.39 is 0 Å². The smallest absolute Gasteiger partial charge is 0.122 e. The highest BCUT2D eigenvalue weighted by Gasteiger charge is 2.08. The molecule has 0 saturated heterocycles. The standard InChI is InChI=1S/C20H27NO2/c1-4-16(2)19-7-5-6-8-20(19)23-14-13-21-15-17-9-11-18(22-3)12-10-17/h5-12,16,21H,4,13-15H2,1-3H3. The number of rotatable bonds is 9. The molecule has 2 rings (SSSR count). The molecule has 0 fully saturated rings. The van der Waals surface area contributed by atoms with E-state index in [0.717, 1.165) is 31.0 Å². The van der Waals surface area contributed by atoms with Crippen LogP contribution < -0.4 is 14.8 Å². The number of hydrogen-bond donors (Lipinski definition) is 1. The van der Waals surface area contributed by atoms with Crippen molar-refractivity contribution < 1.29 is 9.47 Å². The van der Waals surface area contributed by atoms with Crippen molar-refractivity contribution in [3.63, 3.8) is 0 Å². The summed E-state index contributed by atoms with van der Waals surface area (Å²) in [6.45, 7) is 6.77. The summed E-state index contributed by atoms with van der Waals surface area (Å²) in [5, 5.41) is 3.41. The largest absolute Gasteiger partial charge is 0.497 e. The lowest BCUT2D eigenvalue weighted by molar-refractivity contribution is 0.309. The van der Waals surface area contributed by atoms with Crippen LogP contribution in [0.3, 0.4) is 0 Å². The van der Waals surface area contributed by atoms with Gasteiger partial charge in [0.1, 0.15) is 18.1 Å². The average Bonchev–Trinajstić information content (AvgIpc) is 2.61. The molecule has 0 bridgehead atoms. The van der Waals surface area contributed by atoms with Gasteiger partial charge in [0.25, 0.3) is 0 Å². The summed E-state index contributed by atoms with van der Waals surface area (Å²) < 4.78 is 11.1. The van der Waals surface area contributed by atoms with Crippen molar-refractivity contribution in [2.45, 2.75) is 32.7 Å². The quantitative estimate of drug-likeness (QED) is 0.697. The number of ether oxygens (including phenoxy) is 2. The summed E-state index contributed by atoms with van der Waals surface area (Å²) in [5.74, 6) is 2.42. The fraction of sp³-hybridized carbons (Fsp3) is 0.400. The number of para-hydroxylation sites is 1. The maximum absolute atomic E-state index is 5.95. The van der Waals surface area contributed by atoms with Crippen molar-refractivity contribution >= 4 is 0 Å². The molecule has 1 unspecified atom stereocenters. The average molecular weight is 313 g/mol. The fourth-order valence-electron chi connectivity index (χ4n) is 2.45. The molecule has 0 aliphatic heterocycles. The molecule has 3 nitrogen and oxygen atoms in total. The van der Waals surface area contributed by atoms with Crippen LogP contribution in [0, 0.1) is 0 Å². The minimum absolute atomic E-state index is 0.526. The predicted octanol–water partition coefficient (Wildman–Crippen LogP) is 4.38. The first-order valence-electron chi connectivity index (χ1n) is 8.30. The highest BCUT2D eigenvalue weighted by molar-refractivity contribution is 5.35. The van der Waals surface area contributed by atoms with Gasteiger partial charge in [-0.1, -0.05) is 44.2 Å². The lowest BCUT2D eigenvalue weighted by Crippen LogP contribution is -2.20. The van der Waals surface area contributed by atoms with Gasteiger partial charge in [0.05, 0.1) is 7.11 Å². The first kappa shape index (κ1) is 17.4. The van der Waals surface area contributed by atoms with E-state index in [1.54, 1.807) is 7.11 Å². The molecule has 0 aliphatic rings. The topological polar surface area (TPSA) is 30.5 Å². The normalized spacial score (nSPS) is 12.0. The van der Waals surface area contributed by atoms with E-state index >= 15 is 0 Å². The molecule has 0 radical (unpaired) electrons. The second-order valence-electron chi connectivity index (χ2n) is 5.72. The van der Waals surface area contributed by atoms with E-state index in [9.17, 15) is 0 Å². The first-order valence-corrected chi connectivity index (χ1v) is 8.30. The Morgan fingerprint density at radius 3 is 2.48 bits per heavy atom. The van der Waals surface area contributed by atoms with E-state index in [4.69, 9.17) is 9.47 Å². The third-order valence-corrected chi connectivity index (χ3v) is 4.09. The number of methoxy groups -OCH3 is 1. The van der Waals surface area contributed by atoms with Crippen LogP contribution in [0.2, 0.25) is 0 Å². The third kappa shape index (κ3) is 5.29. The van der Waals surface area contributed by atoms with Gasteiger partial charge in [-0.2, -0.15) is 0 Å². The lowest BCUT2D eigenvalue weighted by Gasteiger charge is -2.15. The molecule has 124 valence electrons. The molecule has 0 spiro atoms. The van der Waals surface area contributed by atoms with E-state index in [0.29, 0.717) is 12.5 Å². The highest BCUT2D eigenvalue weighted by Crippen LogP contribution is 2.28. The molecule has 0 amide bonds. The van der Waals surface area contributed by atoms with Crippen molar-refractivity contribution in [2.75, 3.05) is 20.3 Å². The van der Waals surface area contributed by atoms with Crippen LogP contribution in [0.4, 0.5) is 0 Å². The molecule has 0 saturated carbocycles. The molecule has 2 aromatic rings. The number of nitrogens with one attached hydrogen (secondary N) is 1. The SMILES string of the molecule is CCC(C)c1ccccc1OCCNCc1ccc(OC)cc1. The van der Waals surface area contributed by atoms with Crippen molar-refractivity contribution in [2.24, 2.45) is 0 Å². The predicted molar refractivity (Wildman–Crippen MR) is 95.3 cm³/mol. The van der Waals surface area contributed by atoms with Crippen LogP contribution in [0.25, 0.3) is 0 Å². The molecule has 0 heterocycles. The third-order valence-electron chi connectivity index (χ3n) is 4.09. The van der Waals surface area contributed by atoms with Crippen molar-refractivity contribution in [1.29, 1.82) is 0 Å². The van der Waals surface area contributed by atoms with Gasteiger partial charge in [0.2, 0.25) is 0 Å². The van der Waals surface area contributed by atoms with Gasteiger partial charge in [0, 0.05) is 13.1 Å². The van der Waals surface area contributed by atoms with Crippen LogP contribution >= 0.6 is 0 Å². The van der Waals surface area contributed by atoms with Gasteiger partial charge >= 0.3 is 0 Å². The second kappa shape index (κ2) is 9.21. The summed E-state index contributed by atoms with van der Waals surface area (Å²) in [6, 6.07) is 16.4. The Morgan fingerprint density at radius 1 is 1.04 bits per heavy atom. The molecule has 1 atom stereocenters. The molecule has 0 aliphatic carbocycles. The summed E-state index contributed by atoms with van der Waals surface area (Å²) in [4.78, 5) is 0. The van der Waals surface area contributed by atoms with Gasteiger partial charge in [-0.3, -0.25) is 0 Å². The van der Waals surface area contributed by atoms with Crippen molar-refractivity contribution in [3.8, 4) is 11.5 Å². The maximum Gasteiger partial charge on any atom is 0.122 e. The van der Waals surface area contributed by atoms with Crippen molar-refractivity contribution in [1.82, 2.24) is 5.32 Å². The zero-order valence-electron chi connectivity index (χ0n) is 14.3. The van der Waals surface area contributed by atoms with Gasteiger partial charge < -0.3 is 14.8 Å².